The molecule has 1 aliphatic carbocycles. The van der Waals surface area contributed by atoms with Gasteiger partial charge in [0.2, 0.25) is 0 Å². The summed E-state index contributed by atoms with van der Waals surface area (Å²) in [5.41, 5.74) is 4.83. The maximum Gasteiger partial charge on any atom is 0.573 e. The molecule has 0 spiro atoms. The smallest absolute Gasteiger partial charge is 0.406 e. The summed E-state index contributed by atoms with van der Waals surface area (Å²) in [7, 11) is 0. The first-order chi connectivity index (χ1) is 18.2. The van der Waals surface area contributed by atoms with Gasteiger partial charge in [-0.2, -0.15) is 0 Å². The molecule has 2 heterocycles. The topological polar surface area (TPSA) is 67.0 Å². The number of nitrogens with one attached hydrogen (secondary N) is 2. The predicted molar refractivity (Wildman–Crippen MR) is 146 cm³/mol. The third-order valence-corrected chi connectivity index (χ3v) is 6.36. The van der Waals surface area contributed by atoms with Crippen LogP contribution in [0.2, 0.25) is 0 Å². The zero-order chi connectivity index (χ0) is 28.3. The Kier molecular flexibility index (Phi) is 11.9. The molecule has 0 unspecified atom stereocenters. The van der Waals surface area contributed by atoms with Crippen molar-refractivity contribution in [3.8, 4) is 17.0 Å². The number of alkyl halides is 3. The fraction of sp³-hybridized carbons (Fsp3) is 0.467. The van der Waals surface area contributed by atoms with E-state index in [2.05, 4.69) is 32.2 Å². The molecule has 208 valence electrons. The molecule has 1 aromatic carbocycles. The standard InChI is InChI=1S/C26H28F3N3O2.2C2H6/c1-16-13-21(11-12-30-16)19-5-3-18(4-6-19)15-31-25(33)23-14-17(2)32-24(23)20-7-9-22(10-8-20)34-26(27,28)29;2*1-2/h7-14,18-19,32H,3-6,15H2,1-2H3,(H,31,33);2*1-2H3. The summed E-state index contributed by atoms with van der Waals surface area (Å²) >= 11 is 0. The van der Waals surface area contributed by atoms with E-state index in [0.29, 0.717) is 35.2 Å². The van der Waals surface area contributed by atoms with Crippen LogP contribution >= 0.6 is 0 Å². The van der Waals surface area contributed by atoms with Crippen molar-refractivity contribution in [3.05, 3.63) is 71.2 Å². The Labute approximate surface area is 224 Å². The molecule has 1 saturated carbocycles. The van der Waals surface area contributed by atoms with E-state index in [0.717, 1.165) is 37.1 Å². The highest BCUT2D eigenvalue weighted by Crippen LogP contribution is 2.35. The van der Waals surface area contributed by atoms with Gasteiger partial charge in [-0.3, -0.25) is 9.78 Å². The van der Waals surface area contributed by atoms with Gasteiger partial charge in [0, 0.05) is 24.1 Å². The number of amides is 1. The van der Waals surface area contributed by atoms with Crippen LogP contribution < -0.4 is 10.1 Å². The van der Waals surface area contributed by atoms with Crippen molar-refractivity contribution in [2.45, 2.75) is 79.5 Å². The largest absolute Gasteiger partial charge is 0.573 e. The van der Waals surface area contributed by atoms with Gasteiger partial charge >= 0.3 is 6.36 Å². The quantitative estimate of drug-likeness (QED) is 0.336. The highest BCUT2D eigenvalue weighted by molar-refractivity contribution is 6.00. The molecule has 3 aromatic rings. The number of aromatic amines is 1. The number of hydrogen-bond acceptors (Lipinski definition) is 3. The first-order valence-corrected chi connectivity index (χ1v) is 13.4. The molecule has 4 rings (SSSR count). The molecular formula is C30H40F3N3O2. The number of carbonyl (C=O) groups excluding carboxylic acids is 1. The number of hydrogen-bond donors (Lipinski definition) is 2. The summed E-state index contributed by atoms with van der Waals surface area (Å²) in [5, 5.41) is 3.06. The molecule has 38 heavy (non-hydrogen) atoms. The van der Waals surface area contributed by atoms with Crippen LogP contribution in [0.15, 0.2) is 48.7 Å². The van der Waals surface area contributed by atoms with Gasteiger partial charge < -0.3 is 15.0 Å². The number of H-pyrrole nitrogens is 1. The molecule has 0 radical (unpaired) electrons. The Hall–Kier alpha value is -3.29. The highest BCUT2D eigenvalue weighted by atomic mass is 19.4. The molecule has 2 N–H and O–H groups in total. The minimum absolute atomic E-state index is 0.193. The van der Waals surface area contributed by atoms with Crippen LogP contribution in [0, 0.1) is 19.8 Å². The van der Waals surface area contributed by atoms with Crippen LogP contribution in [0.4, 0.5) is 13.2 Å². The Bertz CT molecular complexity index is 1130. The van der Waals surface area contributed by atoms with Crippen LogP contribution in [0.25, 0.3) is 11.3 Å². The number of rotatable bonds is 6. The summed E-state index contributed by atoms with van der Waals surface area (Å²) in [5.74, 6) is 0.465. The van der Waals surface area contributed by atoms with Crippen molar-refractivity contribution in [1.82, 2.24) is 15.3 Å². The first kappa shape index (κ1) is 30.9. The van der Waals surface area contributed by atoms with Gasteiger partial charge in [-0.15, -0.1) is 13.2 Å². The Morgan fingerprint density at radius 1 is 1.00 bits per heavy atom. The number of benzene rings is 1. The van der Waals surface area contributed by atoms with Gasteiger partial charge in [-0.1, -0.05) is 27.7 Å². The maximum atomic E-state index is 13.0. The van der Waals surface area contributed by atoms with Gasteiger partial charge in [-0.25, -0.2) is 0 Å². The van der Waals surface area contributed by atoms with Crippen molar-refractivity contribution < 1.29 is 22.7 Å². The summed E-state index contributed by atoms with van der Waals surface area (Å²) in [4.78, 5) is 20.4. The first-order valence-electron chi connectivity index (χ1n) is 13.4. The molecule has 0 atom stereocenters. The summed E-state index contributed by atoms with van der Waals surface area (Å²) in [6.07, 6.45) is 1.39. The van der Waals surface area contributed by atoms with E-state index in [1.807, 2.05) is 47.7 Å². The number of halogens is 3. The second-order valence-electron chi connectivity index (χ2n) is 8.97. The summed E-state index contributed by atoms with van der Waals surface area (Å²) in [6.45, 7) is 12.4. The third kappa shape index (κ3) is 8.92. The van der Waals surface area contributed by atoms with Gasteiger partial charge in [0.15, 0.2) is 0 Å². The lowest BCUT2D eigenvalue weighted by Crippen LogP contribution is -2.31. The normalized spacial score (nSPS) is 16.9. The van der Waals surface area contributed by atoms with E-state index < -0.39 is 6.36 Å². The van der Waals surface area contributed by atoms with E-state index in [-0.39, 0.29) is 11.7 Å². The zero-order valence-corrected chi connectivity index (χ0v) is 23.2. The van der Waals surface area contributed by atoms with Gasteiger partial charge in [0.05, 0.1) is 11.3 Å². The average Bonchev–Trinajstić information content (AvgIpc) is 3.31. The number of carbonyl (C=O) groups is 1. The fourth-order valence-electron chi connectivity index (χ4n) is 4.67. The van der Waals surface area contributed by atoms with Crippen molar-refractivity contribution in [2.75, 3.05) is 6.54 Å². The molecule has 0 aliphatic heterocycles. The molecule has 0 bridgehead atoms. The van der Waals surface area contributed by atoms with Crippen LogP contribution in [-0.4, -0.2) is 28.8 Å². The maximum absolute atomic E-state index is 13.0. The molecule has 8 heteroatoms. The van der Waals surface area contributed by atoms with Crippen molar-refractivity contribution in [1.29, 1.82) is 0 Å². The SMILES string of the molecule is CC.CC.Cc1cc(C2CCC(CNC(=O)c3cc(C)[nH]c3-c3ccc(OC(F)(F)F)cc3)CC2)ccn1. The monoisotopic (exact) mass is 531 g/mol. The second-order valence-corrected chi connectivity index (χ2v) is 8.97. The molecule has 5 nitrogen and oxygen atoms in total. The van der Waals surface area contributed by atoms with Crippen LogP contribution in [0.3, 0.4) is 0 Å². The molecule has 1 aliphatic rings. The zero-order valence-electron chi connectivity index (χ0n) is 23.2. The lowest BCUT2D eigenvalue weighted by Gasteiger charge is -2.29. The van der Waals surface area contributed by atoms with Crippen LogP contribution in [0.1, 0.15) is 86.6 Å². The fourth-order valence-corrected chi connectivity index (χ4v) is 4.67. The van der Waals surface area contributed by atoms with Gasteiger partial charge in [0.25, 0.3) is 5.91 Å². The van der Waals surface area contributed by atoms with Crippen molar-refractivity contribution >= 4 is 5.91 Å². The molecule has 1 fully saturated rings. The number of ether oxygens (including phenoxy) is 1. The number of aryl methyl sites for hydroxylation is 2. The molecule has 2 aromatic heterocycles. The predicted octanol–water partition coefficient (Wildman–Crippen LogP) is 8.35. The number of nitrogens with zero attached hydrogens (tertiary/aromatic N) is 1. The van der Waals surface area contributed by atoms with Crippen LogP contribution in [-0.2, 0) is 0 Å². The second kappa shape index (κ2) is 14.6. The van der Waals surface area contributed by atoms with E-state index in [4.69, 9.17) is 0 Å². The van der Waals surface area contributed by atoms with E-state index in [1.165, 1.54) is 29.8 Å². The highest BCUT2D eigenvalue weighted by Gasteiger charge is 2.31. The Balaban J connectivity index is 0.00000121. The molecule has 0 saturated heterocycles. The van der Waals surface area contributed by atoms with Gasteiger partial charge in [-0.05, 0) is 105 Å². The van der Waals surface area contributed by atoms with Crippen LogP contribution in [0.5, 0.6) is 5.75 Å². The Morgan fingerprint density at radius 2 is 1.63 bits per heavy atom. The lowest BCUT2D eigenvalue weighted by molar-refractivity contribution is -0.274. The summed E-state index contributed by atoms with van der Waals surface area (Å²) in [6, 6.07) is 11.5. The average molecular weight is 532 g/mol. The van der Waals surface area contributed by atoms with Crippen molar-refractivity contribution in [3.63, 3.8) is 0 Å². The van der Waals surface area contributed by atoms with E-state index in [1.54, 1.807) is 6.07 Å². The summed E-state index contributed by atoms with van der Waals surface area (Å²) < 4.78 is 41.2. The third-order valence-electron chi connectivity index (χ3n) is 6.36. The van der Waals surface area contributed by atoms with Gasteiger partial charge in [0.1, 0.15) is 5.75 Å². The van der Waals surface area contributed by atoms with E-state index >= 15 is 0 Å². The minimum atomic E-state index is -4.74. The number of aromatic nitrogens is 2. The molecule has 1 amide bonds. The Morgan fingerprint density at radius 3 is 2.21 bits per heavy atom. The minimum Gasteiger partial charge on any atom is -0.406 e. The number of pyridine rings is 1. The van der Waals surface area contributed by atoms with Crippen molar-refractivity contribution in [2.24, 2.45) is 5.92 Å². The molecular weight excluding hydrogens is 491 g/mol. The van der Waals surface area contributed by atoms with E-state index in [9.17, 15) is 18.0 Å². The lowest BCUT2D eigenvalue weighted by atomic mass is 9.79.